The predicted octanol–water partition coefficient (Wildman–Crippen LogP) is 2.91. The van der Waals surface area contributed by atoms with Gasteiger partial charge >= 0.3 is 0 Å². The van der Waals surface area contributed by atoms with Crippen molar-refractivity contribution in [3.63, 3.8) is 0 Å². The van der Waals surface area contributed by atoms with E-state index in [4.69, 9.17) is 28.9 Å². The molecule has 3 nitrogen and oxygen atoms in total. The molecular formula is C11H9Cl2N3. The first-order valence-corrected chi connectivity index (χ1v) is 5.43. The second kappa shape index (κ2) is 4.78. The van der Waals surface area contributed by atoms with Crippen LogP contribution >= 0.6 is 23.2 Å². The van der Waals surface area contributed by atoms with Crippen LogP contribution in [-0.4, -0.2) is 9.97 Å². The van der Waals surface area contributed by atoms with Crippen molar-refractivity contribution in [1.82, 2.24) is 9.97 Å². The Bertz CT molecular complexity index is 514. The van der Waals surface area contributed by atoms with Gasteiger partial charge in [0.25, 0.3) is 0 Å². The van der Waals surface area contributed by atoms with Gasteiger partial charge in [0.1, 0.15) is 11.5 Å². The maximum Gasteiger partial charge on any atom is 0.133 e. The lowest BCUT2D eigenvalue weighted by atomic mass is 10.1. The minimum absolute atomic E-state index is 0.388. The summed E-state index contributed by atoms with van der Waals surface area (Å²) in [7, 11) is 0. The van der Waals surface area contributed by atoms with Crippen LogP contribution in [0.15, 0.2) is 30.6 Å². The Labute approximate surface area is 103 Å². The molecule has 5 heteroatoms. The SMILES string of the molecule is NCc1cccc(-c2cc(Cl)ncn2)c1Cl. The summed E-state index contributed by atoms with van der Waals surface area (Å²) in [6.45, 7) is 0.394. The second-order valence-electron chi connectivity index (χ2n) is 3.21. The Morgan fingerprint density at radius 2 is 2.00 bits per heavy atom. The fourth-order valence-electron chi connectivity index (χ4n) is 1.42. The lowest BCUT2D eigenvalue weighted by Gasteiger charge is -2.07. The summed E-state index contributed by atoms with van der Waals surface area (Å²) in [4.78, 5) is 7.95. The van der Waals surface area contributed by atoms with Gasteiger partial charge in [-0.1, -0.05) is 41.4 Å². The molecule has 2 rings (SSSR count). The standard InChI is InChI=1S/C11H9Cl2N3/c12-10-4-9(15-6-16-10)8-3-1-2-7(5-14)11(8)13/h1-4,6H,5,14H2. The summed E-state index contributed by atoms with van der Waals surface area (Å²) in [5.74, 6) is 0. The average molecular weight is 254 g/mol. The van der Waals surface area contributed by atoms with Crippen molar-refractivity contribution >= 4 is 23.2 Å². The molecule has 0 radical (unpaired) electrons. The van der Waals surface area contributed by atoms with E-state index in [1.54, 1.807) is 6.07 Å². The molecule has 0 aliphatic carbocycles. The molecule has 0 bridgehead atoms. The highest BCUT2D eigenvalue weighted by atomic mass is 35.5. The lowest BCUT2D eigenvalue weighted by molar-refractivity contribution is 1.07. The molecule has 1 aromatic heterocycles. The Morgan fingerprint density at radius 3 is 2.69 bits per heavy atom. The summed E-state index contributed by atoms with van der Waals surface area (Å²) < 4.78 is 0. The normalized spacial score (nSPS) is 10.4. The van der Waals surface area contributed by atoms with E-state index >= 15 is 0 Å². The van der Waals surface area contributed by atoms with Crippen molar-refractivity contribution < 1.29 is 0 Å². The van der Waals surface area contributed by atoms with E-state index in [-0.39, 0.29) is 0 Å². The van der Waals surface area contributed by atoms with Crippen LogP contribution < -0.4 is 5.73 Å². The zero-order valence-corrected chi connectivity index (χ0v) is 9.83. The molecule has 0 saturated heterocycles. The number of hydrogen-bond donors (Lipinski definition) is 1. The fraction of sp³-hybridized carbons (Fsp3) is 0.0909. The summed E-state index contributed by atoms with van der Waals surface area (Å²) in [5.41, 5.74) is 7.98. The summed E-state index contributed by atoms with van der Waals surface area (Å²) in [5, 5.41) is 0.999. The highest BCUT2D eigenvalue weighted by Crippen LogP contribution is 2.29. The van der Waals surface area contributed by atoms with Gasteiger partial charge in [-0.15, -0.1) is 0 Å². The van der Waals surface area contributed by atoms with Crippen molar-refractivity contribution in [2.75, 3.05) is 0 Å². The third-order valence-electron chi connectivity index (χ3n) is 2.21. The molecule has 0 amide bonds. The number of halogens is 2. The molecule has 0 fully saturated rings. The van der Waals surface area contributed by atoms with Crippen LogP contribution in [0.2, 0.25) is 10.2 Å². The van der Waals surface area contributed by atoms with Crippen molar-refractivity contribution in [2.24, 2.45) is 5.73 Å². The monoisotopic (exact) mass is 253 g/mol. The first-order chi connectivity index (χ1) is 7.72. The molecule has 2 aromatic rings. The van der Waals surface area contributed by atoms with Gasteiger partial charge in [-0.3, -0.25) is 0 Å². The number of rotatable bonds is 2. The van der Waals surface area contributed by atoms with Gasteiger partial charge in [-0.05, 0) is 5.56 Å². The van der Waals surface area contributed by atoms with E-state index < -0.39 is 0 Å². The number of nitrogens with two attached hydrogens (primary N) is 1. The summed E-state index contributed by atoms with van der Waals surface area (Å²) >= 11 is 12.0. The zero-order valence-electron chi connectivity index (χ0n) is 8.32. The van der Waals surface area contributed by atoms with Crippen LogP contribution in [-0.2, 0) is 6.54 Å². The topological polar surface area (TPSA) is 51.8 Å². The molecule has 0 spiro atoms. The molecular weight excluding hydrogens is 245 g/mol. The molecule has 0 saturated carbocycles. The Kier molecular flexibility index (Phi) is 3.39. The Morgan fingerprint density at radius 1 is 1.19 bits per heavy atom. The molecule has 2 N–H and O–H groups in total. The second-order valence-corrected chi connectivity index (χ2v) is 3.97. The largest absolute Gasteiger partial charge is 0.326 e. The predicted molar refractivity (Wildman–Crippen MR) is 65.4 cm³/mol. The van der Waals surface area contributed by atoms with E-state index in [2.05, 4.69) is 9.97 Å². The quantitative estimate of drug-likeness (QED) is 0.838. The highest BCUT2D eigenvalue weighted by molar-refractivity contribution is 6.34. The maximum absolute atomic E-state index is 6.21. The van der Waals surface area contributed by atoms with Gasteiger partial charge in [0, 0.05) is 18.2 Å². The number of benzene rings is 1. The highest BCUT2D eigenvalue weighted by Gasteiger charge is 2.08. The minimum atomic E-state index is 0.388. The molecule has 82 valence electrons. The first-order valence-electron chi connectivity index (χ1n) is 4.67. The molecule has 16 heavy (non-hydrogen) atoms. The van der Waals surface area contributed by atoms with Crippen LogP contribution in [0.5, 0.6) is 0 Å². The van der Waals surface area contributed by atoms with Crippen LogP contribution in [0.1, 0.15) is 5.56 Å². The number of aromatic nitrogens is 2. The van der Waals surface area contributed by atoms with Gasteiger partial charge in [-0.25, -0.2) is 9.97 Å². The minimum Gasteiger partial charge on any atom is -0.326 e. The first kappa shape index (κ1) is 11.3. The number of hydrogen-bond acceptors (Lipinski definition) is 3. The molecule has 0 unspecified atom stereocenters. The van der Waals surface area contributed by atoms with Crippen molar-refractivity contribution in [1.29, 1.82) is 0 Å². The fourth-order valence-corrected chi connectivity index (χ4v) is 1.86. The third kappa shape index (κ3) is 2.16. The van der Waals surface area contributed by atoms with Crippen LogP contribution in [0.25, 0.3) is 11.3 Å². The van der Waals surface area contributed by atoms with E-state index in [1.165, 1.54) is 6.33 Å². The smallest absolute Gasteiger partial charge is 0.133 e. The molecule has 0 atom stereocenters. The van der Waals surface area contributed by atoms with E-state index in [0.717, 1.165) is 11.1 Å². The Balaban J connectivity index is 2.56. The van der Waals surface area contributed by atoms with E-state index in [0.29, 0.717) is 22.4 Å². The van der Waals surface area contributed by atoms with Crippen molar-refractivity contribution in [2.45, 2.75) is 6.54 Å². The van der Waals surface area contributed by atoms with Gasteiger partial charge < -0.3 is 5.73 Å². The van der Waals surface area contributed by atoms with Gasteiger partial charge in [0.15, 0.2) is 0 Å². The van der Waals surface area contributed by atoms with Gasteiger partial charge in [0.2, 0.25) is 0 Å². The molecule has 0 aliphatic heterocycles. The van der Waals surface area contributed by atoms with Crippen LogP contribution in [0.3, 0.4) is 0 Å². The Hall–Kier alpha value is -1.16. The average Bonchev–Trinajstić information content (AvgIpc) is 2.29. The summed E-state index contributed by atoms with van der Waals surface area (Å²) in [6, 6.07) is 7.32. The van der Waals surface area contributed by atoms with Crippen LogP contribution in [0.4, 0.5) is 0 Å². The lowest BCUT2D eigenvalue weighted by Crippen LogP contribution is -1.98. The third-order valence-corrected chi connectivity index (χ3v) is 2.86. The maximum atomic E-state index is 6.21. The number of nitrogens with zero attached hydrogens (tertiary/aromatic N) is 2. The zero-order chi connectivity index (χ0) is 11.5. The van der Waals surface area contributed by atoms with Crippen molar-refractivity contribution in [3.8, 4) is 11.3 Å². The molecule has 1 aromatic carbocycles. The molecule has 0 aliphatic rings. The summed E-state index contributed by atoms with van der Waals surface area (Å²) in [6.07, 6.45) is 1.41. The molecule has 1 heterocycles. The van der Waals surface area contributed by atoms with Gasteiger partial charge in [-0.2, -0.15) is 0 Å². The van der Waals surface area contributed by atoms with Gasteiger partial charge in [0.05, 0.1) is 10.7 Å². The van der Waals surface area contributed by atoms with Crippen LogP contribution in [0, 0.1) is 0 Å². The van der Waals surface area contributed by atoms with E-state index in [9.17, 15) is 0 Å². The van der Waals surface area contributed by atoms with E-state index in [1.807, 2.05) is 18.2 Å². The van der Waals surface area contributed by atoms with Crippen molar-refractivity contribution in [3.05, 3.63) is 46.3 Å².